The summed E-state index contributed by atoms with van der Waals surface area (Å²) in [6.07, 6.45) is 1.73. The van der Waals surface area contributed by atoms with Gasteiger partial charge >= 0.3 is 0 Å². The molecule has 35 heavy (non-hydrogen) atoms. The van der Waals surface area contributed by atoms with Gasteiger partial charge in [0.05, 0.1) is 20.6 Å². The van der Waals surface area contributed by atoms with E-state index in [0.29, 0.717) is 31.6 Å². The number of aliphatic imine (C=N–C) groups is 1. The normalized spacial score (nSPS) is 15.4. The van der Waals surface area contributed by atoms with E-state index >= 15 is 0 Å². The highest BCUT2D eigenvalue weighted by Crippen LogP contribution is 2.34. The zero-order valence-electron chi connectivity index (χ0n) is 18.9. The Labute approximate surface area is 217 Å². The van der Waals surface area contributed by atoms with Crippen LogP contribution in [0.3, 0.4) is 0 Å². The molecule has 0 saturated carbocycles. The second-order valence-electron chi connectivity index (χ2n) is 7.76. The van der Waals surface area contributed by atoms with E-state index < -0.39 is 0 Å². The third kappa shape index (κ3) is 6.45. The van der Waals surface area contributed by atoms with Crippen LogP contribution in [0, 0.1) is 13.8 Å². The molecule has 1 saturated heterocycles. The molecule has 178 valence electrons. The third-order valence-corrected chi connectivity index (χ3v) is 6.84. The Hall–Kier alpha value is -3.26. The zero-order chi connectivity index (χ0) is 24.9. The van der Waals surface area contributed by atoms with Gasteiger partial charge in [-0.1, -0.05) is 47.5 Å². The highest BCUT2D eigenvalue weighted by molar-refractivity contribution is 8.18. The highest BCUT2D eigenvalue weighted by Gasteiger charge is 2.24. The topological polar surface area (TPSA) is 79.8 Å². The Kier molecular flexibility index (Phi) is 7.80. The van der Waals surface area contributed by atoms with E-state index in [1.807, 2.05) is 38.1 Å². The maximum Gasteiger partial charge on any atom is 0.264 e. The SMILES string of the molecule is Cc1ccc(NC(=O)COc2cccc(/C=C3\SC(=Nc4cccc(Cl)c4Cl)NC3=O)c2)cc1C. The van der Waals surface area contributed by atoms with Crippen molar-refractivity contribution >= 4 is 69.4 Å². The average molecular weight is 526 g/mol. The molecule has 1 fully saturated rings. The number of amidine groups is 1. The molecule has 1 heterocycles. The summed E-state index contributed by atoms with van der Waals surface area (Å²) in [6.45, 7) is 3.87. The number of hydrogen-bond acceptors (Lipinski definition) is 5. The molecule has 0 atom stereocenters. The van der Waals surface area contributed by atoms with Gasteiger partial charge in [0, 0.05) is 5.69 Å². The number of nitrogens with one attached hydrogen (secondary N) is 2. The van der Waals surface area contributed by atoms with E-state index in [-0.39, 0.29) is 18.4 Å². The molecule has 0 aliphatic carbocycles. The van der Waals surface area contributed by atoms with Crippen molar-refractivity contribution in [2.75, 3.05) is 11.9 Å². The molecule has 2 N–H and O–H groups in total. The summed E-state index contributed by atoms with van der Waals surface area (Å²) < 4.78 is 5.65. The van der Waals surface area contributed by atoms with Crippen molar-refractivity contribution in [1.29, 1.82) is 0 Å². The quantitative estimate of drug-likeness (QED) is 0.359. The van der Waals surface area contributed by atoms with Crippen LogP contribution in [0.15, 0.2) is 70.6 Å². The Balaban J connectivity index is 1.40. The molecule has 6 nitrogen and oxygen atoms in total. The summed E-state index contributed by atoms with van der Waals surface area (Å²) >= 11 is 13.4. The van der Waals surface area contributed by atoms with Crippen LogP contribution >= 0.6 is 35.0 Å². The summed E-state index contributed by atoms with van der Waals surface area (Å²) in [6, 6.07) is 18.0. The number of thioether (sulfide) groups is 1. The molecular weight excluding hydrogens is 505 g/mol. The highest BCUT2D eigenvalue weighted by atomic mass is 35.5. The van der Waals surface area contributed by atoms with Crippen LogP contribution in [-0.4, -0.2) is 23.6 Å². The van der Waals surface area contributed by atoms with Gasteiger partial charge in [-0.2, -0.15) is 0 Å². The lowest BCUT2D eigenvalue weighted by Crippen LogP contribution is -2.20. The van der Waals surface area contributed by atoms with Crippen molar-refractivity contribution in [2.24, 2.45) is 4.99 Å². The summed E-state index contributed by atoms with van der Waals surface area (Å²) in [4.78, 5) is 29.6. The van der Waals surface area contributed by atoms with E-state index in [2.05, 4.69) is 15.6 Å². The Morgan fingerprint density at radius 1 is 1.09 bits per heavy atom. The predicted molar refractivity (Wildman–Crippen MR) is 144 cm³/mol. The van der Waals surface area contributed by atoms with Crippen LogP contribution in [0.5, 0.6) is 5.75 Å². The number of carbonyl (C=O) groups is 2. The lowest BCUT2D eigenvalue weighted by Gasteiger charge is -2.09. The van der Waals surface area contributed by atoms with E-state index in [9.17, 15) is 9.59 Å². The molecule has 0 unspecified atom stereocenters. The molecule has 4 rings (SSSR count). The number of anilines is 1. The van der Waals surface area contributed by atoms with Crippen LogP contribution < -0.4 is 15.4 Å². The lowest BCUT2D eigenvalue weighted by molar-refractivity contribution is -0.118. The zero-order valence-corrected chi connectivity index (χ0v) is 21.2. The van der Waals surface area contributed by atoms with E-state index in [1.54, 1.807) is 42.5 Å². The third-order valence-electron chi connectivity index (χ3n) is 5.12. The Bertz CT molecular complexity index is 1370. The maximum absolute atomic E-state index is 12.4. The van der Waals surface area contributed by atoms with Crippen molar-refractivity contribution in [3.8, 4) is 5.75 Å². The van der Waals surface area contributed by atoms with Crippen molar-refractivity contribution in [1.82, 2.24) is 5.32 Å². The first-order chi connectivity index (χ1) is 16.8. The van der Waals surface area contributed by atoms with E-state index in [4.69, 9.17) is 27.9 Å². The van der Waals surface area contributed by atoms with Crippen LogP contribution in [0.25, 0.3) is 6.08 Å². The van der Waals surface area contributed by atoms with Gasteiger partial charge in [-0.05, 0) is 84.8 Å². The van der Waals surface area contributed by atoms with Crippen molar-refractivity contribution < 1.29 is 14.3 Å². The molecule has 1 aliphatic heterocycles. The van der Waals surface area contributed by atoms with Gasteiger partial charge in [-0.3, -0.25) is 9.59 Å². The molecule has 3 aromatic carbocycles. The number of amides is 2. The lowest BCUT2D eigenvalue weighted by atomic mass is 10.1. The molecule has 9 heteroatoms. The summed E-state index contributed by atoms with van der Waals surface area (Å²) in [7, 11) is 0. The average Bonchev–Trinajstić information content (AvgIpc) is 3.16. The number of hydrogen-bond donors (Lipinski definition) is 2. The monoisotopic (exact) mass is 525 g/mol. The molecular formula is C26H21Cl2N3O3S. The first kappa shape index (κ1) is 24.9. The van der Waals surface area contributed by atoms with Crippen LogP contribution in [0.4, 0.5) is 11.4 Å². The molecule has 2 amide bonds. The number of nitrogens with zero attached hydrogens (tertiary/aromatic N) is 1. The van der Waals surface area contributed by atoms with Gasteiger partial charge in [0.1, 0.15) is 5.75 Å². The van der Waals surface area contributed by atoms with Gasteiger partial charge in [-0.15, -0.1) is 0 Å². The molecule has 0 radical (unpaired) electrons. The van der Waals surface area contributed by atoms with Gasteiger partial charge in [0.25, 0.3) is 11.8 Å². The molecule has 3 aromatic rings. The number of benzene rings is 3. The number of aryl methyl sites for hydroxylation is 2. The molecule has 1 aliphatic rings. The number of carbonyl (C=O) groups excluding carboxylic acids is 2. The summed E-state index contributed by atoms with van der Waals surface area (Å²) in [5, 5.41) is 6.66. The second kappa shape index (κ2) is 11.0. The van der Waals surface area contributed by atoms with Gasteiger partial charge in [-0.25, -0.2) is 4.99 Å². The molecule has 0 aromatic heterocycles. The maximum atomic E-state index is 12.4. The summed E-state index contributed by atoms with van der Waals surface area (Å²) in [5.41, 5.74) is 4.20. The minimum absolute atomic E-state index is 0.139. The predicted octanol–water partition coefficient (Wildman–Crippen LogP) is 6.52. The minimum atomic E-state index is -0.272. The minimum Gasteiger partial charge on any atom is -0.484 e. The first-order valence-electron chi connectivity index (χ1n) is 10.6. The van der Waals surface area contributed by atoms with Crippen LogP contribution in [-0.2, 0) is 9.59 Å². The number of ether oxygens (including phenoxy) is 1. The van der Waals surface area contributed by atoms with Crippen LogP contribution in [0.2, 0.25) is 10.0 Å². The number of rotatable bonds is 6. The van der Waals surface area contributed by atoms with Crippen LogP contribution in [0.1, 0.15) is 16.7 Å². The second-order valence-corrected chi connectivity index (χ2v) is 9.58. The number of halogens is 2. The summed E-state index contributed by atoms with van der Waals surface area (Å²) in [5.74, 6) is -0.0214. The fourth-order valence-electron chi connectivity index (χ4n) is 3.18. The Morgan fingerprint density at radius 2 is 1.89 bits per heavy atom. The van der Waals surface area contributed by atoms with Crippen molar-refractivity contribution in [3.05, 3.63) is 92.3 Å². The van der Waals surface area contributed by atoms with E-state index in [1.165, 1.54) is 11.8 Å². The Morgan fingerprint density at radius 3 is 2.69 bits per heavy atom. The van der Waals surface area contributed by atoms with Crippen molar-refractivity contribution in [3.63, 3.8) is 0 Å². The smallest absolute Gasteiger partial charge is 0.264 e. The van der Waals surface area contributed by atoms with Gasteiger partial charge < -0.3 is 15.4 Å². The van der Waals surface area contributed by atoms with Crippen molar-refractivity contribution in [2.45, 2.75) is 13.8 Å². The largest absolute Gasteiger partial charge is 0.484 e. The fourth-order valence-corrected chi connectivity index (χ4v) is 4.35. The standard InChI is InChI=1S/C26H21Cl2N3O3S/c1-15-9-10-18(11-16(15)2)29-23(32)14-34-19-6-3-5-17(12-19)13-22-25(33)31-26(35-22)30-21-8-4-7-20(27)24(21)28/h3-13H,14H2,1-2H3,(H,29,32)(H,30,31,33)/b22-13-. The molecule has 0 spiro atoms. The van der Waals surface area contributed by atoms with Gasteiger partial charge in [0.15, 0.2) is 11.8 Å². The van der Waals surface area contributed by atoms with E-state index in [0.717, 1.165) is 22.4 Å². The first-order valence-corrected chi connectivity index (χ1v) is 12.2. The fraction of sp³-hybridized carbons (Fsp3) is 0.115. The van der Waals surface area contributed by atoms with Gasteiger partial charge in [0.2, 0.25) is 0 Å². The molecule has 0 bridgehead atoms.